The molecule has 0 atom stereocenters. The van der Waals surface area contributed by atoms with Crippen LogP contribution >= 0.6 is 11.6 Å². The number of rotatable bonds is 4. The molecule has 0 saturated heterocycles. The third-order valence-electron chi connectivity index (χ3n) is 4.55. The Balaban J connectivity index is 1.72. The van der Waals surface area contributed by atoms with Crippen molar-refractivity contribution in [2.24, 2.45) is 0 Å². The van der Waals surface area contributed by atoms with Gasteiger partial charge >= 0.3 is 0 Å². The van der Waals surface area contributed by atoms with Gasteiger partial charge in [0.2, 0.25) is 5.91 Å². The molecule has 7 heteroatoms. The fourth-order valence-electron chi connectivity index (χ4n) is 3.29. The minimum absolute atomic E-state index is 0.185. The molecule has 140 valence electrons. The van der Waals surface area contributed by atoms with E-state index >= 15 is 0 Å². The zero-order valence-electron chi connectivity index (χ0n) is 15.1. The van der Waals surface area contributed by atoms with E-state index in [1.165, 1.54) is 31.0 Å². The normalized spacial score (nSPS) is 13.1. The number of hydrogen-bond donors (Lipinski definition) is 1. The molecule has 0 radical (unpaired) electrons. The molecule has 1 N–H and O–H groups in total. The first kappa shape index (κ1) is 18.1. The Morgan fingerprint density at radius 2 is 2.00 bits per heavy atom. The van der Waals surface area contributed by atoms with E-state index in [0.29, 0.717) is 10.7 Å². The molecule has 0 aliphatic carbocycles. The molecule has 6 nitrogen and oxygen atoms in total. The number of fused-ring (bicyclic) bond motifs is 2. The molecule has 1 aliphatic heterocycles. The summed E-state index contributed by atoms with van der Waals surface area (Å²) >= 11 is 6.19. The topological polar surface area (TPSA) is 75.2 Å². The zero-order valence-corrected chi connectivity index (χ0v) is 15.9. The van der Waals surface area contributed by atoms with Gasteiger partial charge in [0.05, 0.1) is 5.52 Å². The summed E-state index contributed by atoms with van der Waals surface area (Å²) in [6.07, 6.45) is 4.89. The van der Waals surface area contributed by atoms with Crippen molar-refractivity contribution >= 4 is 51.4 Å². The lowest BCUT2D eigenvalue weighted by Crippen LogP contribution is -2.15. The molecule has 0 saturated carbocycles. The van der Waals surface area contributed by atoms with Crippen molar-refractivity contribution in [2.45, 2.75) is 13.3 Å². The standard InChI is InChI=1S/C21H17ClN4O2/c1-13(27)2-7-20(28)25-16-5-6-18-17(11-16)21(24-12-23-18)26-9-8-14-3-4-15(22)10-19(14)26/h2-7,10-12H,8-9H2,1H3,(H,25,28)/b7-2+. The molecule has 28 heavy (non-hydrogen) atoms. The van der Waals surface area contributed by atoms with Crippen molar-refractivity contribution in [1.29, 1.82) is 0 Å². The second-order valence-electron chi connectivity index (χ2n) is 6.54. The van der Waals surface area contributed by atoms with Crippen molar-refractivity contribution in [3.8, 4) is 0 Å². The van der Waals surface area contributed by atoms with Crippen LogP contribution in [0, 0.1) is 0 Å². The lowest BCUT2D eigenvalue weighted by atomic mass is 10.1. The van der Waals surface area contributed by atoms with Gasteiger partial charge < -0.3 is 10.2 Å². The summed E-state index contributed by atoms with van der Waals surface area (Å²) in [5, 5.41) is 4.26. The number of carbonyl (C=O) groups is 2. The molecular formula is C21H17ClN4O2. The number of ketones is 1. The third kappa shape index (κ3) is 3.59. The van der Waals surface area contributed by atoms with Crippen molar-refractivity contribution < 1.29 is 9.59 Å². The highest BCUT2D eigenvalue weighted by molar-refractivity contribution is 6.31. The van der Waals surface area contributed by atoms with E-state index in [-0.39, 0.29) is 11.7 Å². The number of aromatic nitrogens is 2. The average Bonchev–Trinajstić information content (AvgIpc) is 3.08. The SMILES string of the molecule is CC(=O)/C=C/C(=O)Nc1ccc2ncnc(N3CCc4ccc(Cl)cc43)c2c1. The van der Waals surface area contributed by atoms with E-state index in [0.717, 1.165) is 35.4 Å². The van der Waals surface area contributed by atoms with E-state index < -0.39 is 0 Å². The highest BCUT2D eigenvalue weighted by Crippen LogP contribution is 2.38. The second kappa shape index (κ2) is 7.40. The zero-order chi connectivity index (χ0) is 19.7. The summed E-state index contributed by atoms with van der Waals surface area (Å²) in [4.78, 5) is 33.9. The maximum Gasteiger partial charge on any atom is 0.248 e. The quantitative estimate of drug-likeness (QED) is 0.677. The molecule has 1 aromatic heterocycles. The first-order valence-corrected chi connectivity index (χ1v) is 9.19. The van der Waals surface area contributed by atoms with Crippen molar-refractivity contribution in [3.63, 3.8) is 0 Å². The number of benzene rings is 2. The maximum absolute atomic E-state index is 12.0. The Morgan fingerprint density at radius 1 is 1.14 bits per heavy atom. The van der Waals surface area contributed by atoms with Gasteiger partial charge in [0.1, 0.15) is 12.1 Å². The van der Waals surface area contributed by atoms with Crippen LogP contribution in [0.4, 0.5) is 17.2 Å². The number of halogens is 1. The van der Waals surface area contributed by atoms with Crippen LogP contribution in [0.1, 0.15) is 12.5 Å². The van der Waals surface area contributed by atoms with Crippen LogP contribution in [-0.4, -0.2) is 28.2 Å². The van der Waals surface area contributed by atoms with E-state index in [1.54, 1.807) is 6.07 Å². The van der Waals surface area contributed by atoms with Crippen LogP contribution in [0.25, 0.3) is 10.9 Å². The number of hydrogen-bond acceptors (Lipinski definition) is 5. The van der Waals surface area contributed by atoms with Crippen molar-refractivity contribution in [1.82, 2.24) is 9.97 Å². The molecule has 2 heterocycles. The summed E-state index contributed by atoms with van der Waals surface area (Å²) in [7, 11) is 0. The Hall–Kier alpha value is -3.25. The number of nitrogens with zero attached hydrogens (tertiary/aromatic N) is 3. The number of allylic oxidation sites excluding steroid dienone is 1. The molecule has 1 amide bonds. The van der Waals surface area contributed by atoms with Gasteiger partial charge in [-0.3, -0.25) is 9.59 Å². The van der Waals surface area contributed by atoms with Crippen molar-refractivity contribution in [3.05, 3.63) is 65.5 Å². The lowest BCUT2D eigenvalue weighted by molar-refractivity contribution is -0.114. The summed E-state index contributed by atoms with van der Waals surface area (Å²) in [6.45, 7) is 2.18. The van der Waals surface area contributed by atoms with E-state index in [9.17, 15) is 9.59 Å². The summed E-state index contributed by atoms with van der Waals surface area (Å²) in [5.41, 5.74) is 3.63. The molecule has 3 aromatic rings. The molecule has 0 bridgehead atoms. The molecule has 0 unspecified atom stereocenters. The fraction of sp³-hybridized carbons (Fsp3) is 0.143. The first-order valence-electron chi connectivity index (χ1n) is 8.81. The van der Waals surface area contributed by atoms with Crippen LogP contribution in [0.3, 0.4) is 0 Å². The predicted octanol–water partition coefficient (Wildman–Crippen LogP) is 4.06. The number of carbonyl (C=O) groups excluding carboxylic acids is 2. The van der Waals surface area contributed by atoms with E-state index in [2.05, 4.69) is 20.2 Å². The molecule has 0 fully saturated rings. The van der Waals surface area contributed by atoms with E-state index in [4.69, 9.17) is 11.6 Å². The Bertz CT molecular complexity index is 1130. The number of amides is 1. The van der Waals surface area contributed by atoms with Crippen LogP contribution in [0.15, 0.2) is 54.9 Å². The predicted molar refractivity (Wildman–Crippen MR) is 110 cm³/mol. The summed E-state index contributed by atoms with van der Waals surface area (Å²) in [6, 6.07) is 11.3. The van der Waals surface area contributed by atoms with Crippen LogP contribution < -0.4 is 10.2 Å². The minimum atomic E-state index is -0.369. The molecular weight excluding hydrogens is 376 g/mol. The van der Waals surface area contributed by atoms with Crippen LogP contribution in [-0.2, 0) is 16.0 Å². The highest BCUT2D eigenvalue weighted by atomic mass is 35.5. The van der Waals surface area contributed by atoms with Gasteiger partial charge in [-0.2, -0.15) is 0 Å². The van der Waals surface area contributed by atoms with Gasteiger partial charge in [0.25, 0.3) is 0 Å². The summed E-state index contributed by atoms with van der Waals surface area (Å²) in [5.74, 6) is 0.211. The number of anilines is 3. The molecule has 1 aliphatic rings. The highest BCUT2D eigenvalue weighted by Gasteiger charge is 2.23. The molecule has 4 rings (SSSR count). The third-order valence-corrected chi connectivity index (χ3v) is 4.78. The average molecular weight is 393 g/mol. The Kier molecular flexibility index (Phi) is 4.79. The van der Waals surface area contributed by atoms with Crippen LogP contribution in [0.5, 0.6) is 0 Å². The van der Waals surface area contributed by atoms with Gasteiger partial charge in [-0.1, -0.05) is 17.7 Å². The van der Waals surface area contributed by atoms with Gasteiger partial charge in [0.15, 0.2) is 5.78 Å². The monoisotopic (exact) mass is 392 g/mol. The largest absolute Gasteiger partial charge is 0.325 e. The minimum Gasteiger partial charge on any atom is -0.325 e. The Morgan fingerprint density at radius 3 is 2.82 bits per heavy atom. The summed E-state index contributed by atoms with van der Waals surface area (Å²) < 4.78 is 0. The van der Waals surface area contributed by atoms with Gasteiger partial charge in [-0.15, -0.1) is 0 Å². The van der Waals surface area contributed by atoms with Gasteiger partial charge in [-0.05, 0) is 55.3 Å². The molecule has 2 aromatic carbocycles. The lowest BCUT2D eigenvalue weighted by Gasteiger charge is -2.20. The maximum atomic E-state index is 12.0. The fourth-order valence-corrected chi connectivity index (χ4v) is 3.45. The van der Waals surface area contributed by atoms with Gasteiger partial charge in [0, 0.05) is 34.4 Å². The molecule has 0 spiro atoms. The van der Waals surface area contributed by atoms with Crippen LogP contribution in [0.2, 0.25) is 5.02 Å². The first-order chi connectivity index (χ1) is 13.5. The van der Waals surface area contributed by atoms with Gasteiger partial charge in [-0.25, -0.2) is 9.97 Å². The number of nitrogens with one attached hydrogen (secondary N) is 1. The second-order valence-corrected chi connectivity index (χ2v) is 6.97. The van der Waals surface area contributed by atoms with E-state index in [1.807, 2.05) is 30.3 Å². The van der Waals surface area contributed by atoms with Crippen molar-refractivity contribution in [2.75, 3.05) is 16.8 Å². The Labute approximate surface area is 166 Å². The smallest absolute Gasteiger partial charge is 0.248 e.